The van der Waals surface area contributed by atoms with Gasteiger partial charge in [0, 0.05) is 43.5 Å². The van der Waals surface area contributed by atoms with Crippen molar-refractivity contribution in [2.45, 2.75) is 0 Å². The molecule has 2 aliphatic heterocycles. The number of ether oxygens (including phenoxy) is 2. The van der Waals surface area contributed by atoms with E-state index in [2.05, 4.69) is 4.90 Å². The Kier molecular flexibility index (Phi) is 4.58. The third-order valence-electron chi connectivity index (χ3n) is 4.81. The predicted octanol–water partition coefficient (Wildman–Crippen LogP) is 2.12. The third-order valence-corrected chi connectivity index (χ3v) is 4.81. The number of piperazine rings is 1. The summed E-state index contributed by atoms with van der Waals surface area (Å²) in [5.41, 5.74) is 1.57. The molecule has 2 heterocycles. The van der Waals surface area contributed by atoms with Crippen molar-refractivity contribution >= 4 is 17.6 Å². The van der Waals surface area contributed by atoms with Crippen molar-refractivity contribution in [3.8, 4) is 11.5 Å². The molecular formula is C20H20N2O5. The van der Waals surface area contributed by atoms with Crippen LogP contribution in [0.4, 0.5) is 5.69 Å². The molecule has 0 spiro atoms. The number of benzene rings is 2. The van der Waals surface area contributed by atoms with E-state index in [1.807, 2.05) is 18.2 Å². The highest BCUT2D eigenvalue weighted by Gasteiger charge is 2.24. The average molecular weight is 368 g/mol. The number of carboxylic acid groups (broad SMARTS) is 1. The van der Waals surface area contributed by atoms with Gasteiger partial charge in [0.1, 0.15) is 13.2 Å². The van der Waals surface area contributed by atoms with Crippen molar-refractivity contribution in [1.82, 2.24) is 4.90 Å². The molecule has 0 bridgehead atoms. The van der Waals surface area contributed by atoms with Crippen molar-refractivity contribution in [2.24, 2.45) is 0 Å². The van der Waals surface area contributed by atoms with E-state index in [4.69, 9.17) is 14.6 Å². The number of anilines is 1. The zero-order chi connectivity index (χ0) is 18.8. The van der Waals surface area contributed by atoms with Crippen molar-refractivity contribution in [2.75, 3.05) is 44.3 Å². The second-order valence-electron chi connectivity index (χ2n) is 6.49. The first-order valence-corrected chi connectivity index (χ1v) is 8.89. The summed E-state index contributed by atoms with van der Waals surface area (Å²) in [5.74, 6) is 0.341. The van der Waals surface area contributed by atoms with Crippen molar-refractivity contribution in [3.63, 3.8) is 0 Å². The van der Waals surface area contributed by atoms with Crippen LogP contribution in [0.2, 0.25) is 0 Å². The number of aromatic carboxylic acids is 1. The fourth-order valence-corrected chi connectivity index (χ4v) is 3.36. The summed E-state index contributed by atoms with van der Waals surface area (Å²) in [7, 11) is 0. The van der Waals surface area contributed by atoms with E-state index in [1.165, 1.54) is 12.1 Å². The number of hydrogen-bond acceptors (Lipinski definition) is 5. The lowest BCUT2D eigenvalue weighted by Crippen LogP contribution is -2.48. The standard InChI is InChI=1S/C20H20N2O5/c23-19(14-2-1-3-15(12-14)20(24)25)22-8-6-21(7-9-22)16-4-5-17-18(13-16)27-11-10-26-17/h1-5,12-13H,6-11H2,(H,24,25). The van der Waals surface area contributed by atoms with E-state index in [1.54, 1.807) is 17.0 Å². The normalized spacial score (nSPS) is 16.1. The number of carboxylic acids is 1. The fourth-order valence-electron chi connectivity index (χ4n) is 3.36. The summed E-state index contributed by atoms with van der Waals surface area (Å²) < 4.78 is 11.2. The first-order chi connectivity index (χ1) is 13.1. The zero-order valence-electron chi connectivity index (χ0n) is 14.8. The molecule has 1 saturated heterocycles. The SMILES string of the molecule is O=C(O)c1cccc(C(=O)N2CCN(c3ccc4c(c3)OCCO4)CC2)c1. The Hall–Kier alpha value is -3.22. The molecule has 0 saturated carbocycles. The third kappa shape index (κ3) is 3.53. The van der Waals surface area contributed by atoms with Crippen molar-refractivity contribution < 1.29 is 24.2 Å². The van der Waals surface area contributed by atoms with Gasteiger partial charge in [-0.15, -0.1) is 0 Å². The lowest BCUT2D eigenvalue weighted by atomic mass is 10.1. The zero-order valence-corrected chi connectivity index (χ0v) is 14.8. The second kappa shape index (κ2) is 7.19. The van der Waals surface area contributed by atoms with Crippen LogP contribution in [0.3, 0.4) is 0 Å². The largest absolute Gasteiger partial charge is 0.486 e. The monoisotopic (exact) mass is 368 g/mol. The lowest BCUT2D eigenvalue weighted by Gasteiger charge is -2.36. The molecule has 2 aromatic rings. The first kappa shape index (κ1) is 17.2. The topological polar surface area (TPSA) is 79.3 Å². The highest BCUT2D eigenvalue weighted by atomic mass is 16.6. The van der Waals surface area contributed by atoms with Crippen LogP contribution < -0.4 is 14.4 Å². The Morgan fingerprint density at radius 2 is 1.56 bits per heavy atom. The number of carbonyl (C=O) groups is 2. The summed E-state index contributed by atoms with van der Waals surface area (Å²) in [5, 5.41) is 9.10. The molecule has 0 unspecified atom stereocenters. The summed E-state index contributed by atoms with van der Waals surface area (Å²) in [4.78, 5) is 27.8. The molecule has 27 heavy (non-hydrogen) atoms. The highest BCUT2D eigenvalue weighted by Crippen LogP contribution is 2.34. The minimum atomic E-state index is -1.03. The molecule has 1 fully saturated rings. The van der Waals surface area contributed by atoms with Crippen LogP contribution in [0.25, 0.3) is 0 Å². The summed E-state index contributed by atoms with van der Waals surface area (Å²) in [6.45, 7) is 3.66. The Labute approximate surface area is 156 Å². The molecule has 2 aromatic carbocycles. The van der Waals surface area contributed by atoms with Gasteiger partial charge in [-0.05, 0) is 30.3 Å². The van der Waals surface area contributed by atoms with Crippen LogP contribution in [0.5, 0.6) is 11.5 Å². The fraction of sp³-hybridized carbons (Fsp3) is 0.300. The number of amides is 1. The van der Waals surface area contributed by atoms with Gasteiger partial charge in [-0.25, -0.2) is 4.79 Å². The van der Waals surface area contributed by atoms with Crippen molar-refractivity contribution in [3.05, 3.63) is 53.6 Å². The van der Waals surface area contributed by atoms with Gasteiger partial charge in [-0.3, -0.25) is 4.79 Å². The highest BCUT2D eigenvalue weighted by molar-refractivity contribution is 5.97. The number of fused-ring (bicyclic) bond motifs is 1. The van der Waals surface area contributed by atoms with Gasteiger partial charge in [-0.1, -0.05) is 6.07 Å². The molecule has 0 aliphatic carbocycles. The lowest BCUT2D eigenvalue weighted by molar-refractivity contribution is 0.0697. The van der Waals surface area contributed by atoms with Gasteiger partial charge in [0.15, 0.2) is 11.5 Å². The maximum absolute atomic E-state index is 12.7. The van der Waals surface area contributed by atoms with Crippen LogP contribution >= 0.6 is 0 Å². The molecule has 1 N–H and O–H groups in total. The molecule has 140 valence electrons. The van der Waals surface area contributed by atoms with Gasteiger partial charge in [0.05, 0.1) is 5.56 Å². The van der Waals surface area contributed by atoms with Gasteiger partial charge in [0.25, 0.3) is 5.91 Å². The van der Waals surface area contributed by atoms with E-state index in [0.717, 1.165) is 17.2 Å². The Balaban J connectivity index is 1.42. The van der Waals surface area contributed by atoms with Crippen LogP contribution in [-0.4, -0.2) is 61.3 Å². The van der Waals surface area contributed by atoms with Gasteiger partial charge in [-0.2, -0.15) is 0 Å². The van der Waals surface area contributed by atoms with E-state index >= 15 is 0 Å². The molecule has 1 amide bonds. The molecule has 0 atom stereocenters. The second-order valence-corrected chi connectivity index (χ2v) is 6.49. The summed E-state index contributed by atoms with van der Waals surface area (Å²) in [6, 6.07) is 12.1. The smallest absolute Gasteiger partial charge is 0.335 e. The molecule has 0 aromatic heterocycles. The molecular weight excluding hydrogens is 348 g/mol. The minimum Gasteiger partial charge on any atom is -0.486 e. The van der Waals surface area contributed by atoms with E-state index in [9.17, 15) is 9.59 Å². The molecule has 7 heteroatoms. The quantitative estimate of drug-likeness (QED) is 0.894. The number of rotatable bonds is 3. The Morgan fingerprint density at radius 3 is 2.30 bits per heavy atom. The van der Waals surface area contributed by atoms with Crippen LogP contribution in [0.15, 0.2) is 42.5 Å². The number of nitrogens with zero attached hydrogens (tertiary/aromatic N) is 2. The predicted molar refractivity (Wildman–Crippen MR) is 98.9 cm³/mol. The summed E-state index contributed by atoms with van der Waals surface area (Å²) >= 11 is 0. The molecule has 7 nitrogen and oxygen atoms in total. The van der Waals surface area contributed by atoms with Crippen LogP contribution in [0, 0.1) is 0 Å². The van der Waals surface area contributed by atoms with E-state index in [0.29, 0.717) is 45.0 Å². The van der Waals surface area contributed by atoms with Gasteiger partial charge >= 0.3 is 5.97 Å². The number of carbonyl (C=O) groups excluding carboxylic acids is 1. The van der Waals surface area contributed by atoms with Crippen molar-refractivity contribution in [1.29, 1.82) is 0 Å². The summed E-state index contributed by atoms with van der Waals surface area (Å²) in [6.07, 6.45) is 0. The minimum absolute atomic E-state index is 0.121. The van der Waals surface area contributed by atoms with Crippen LogP contribution in [0.1, 0.15) is 20.7 Å². The average Bonchev–Trinajstić information content (AvgIpc) is 2.73. The Bertz CT molecular complexity index is 874. The van der Waals surface area contributed by atoms with Crippen LogP contribution in [-0.2, 0) is 0 Å². The molecule has 4 rings (SSSR count). The first-order valence-electron chi connectivity index (χ1n) is 8.89. The van der Waals surface area contributed by atoms with E-state index in [-0.39, 0.29) is 11.5 Å². The maximum Gasteiger partial charge on any atom is 0.335 e. The van der Waals surface area contributed by atoms with E-state index < -0.39 is 5.97 Å². The molecule has 0 radical (unpaired) electrons. The number of hydrogen-bond donors (Lipinski definition) is 1. The molecule has 2 aliphatic rings. The van der Waals surface area contributed by atoms with Gasteiger partial charge in [0.2, 0.25) is 0 Å². The Morgan fingerprint density at radius 1 is 0.852 bits per heavy atom. The van der Waals surface area contributed by atoms with Gasteiger partial charge < -0.3 is 24.4 Å². The maximum atomic E-state index is 12.7.